The van der Waals surface area contributed by atoms with Gasteiger partial charge in [-0.15, -0.1) is 0 Å². The Morgan fingerprint density at radius 2 is 1.92 bits per heavy atom. The van der Waals surface area contributed by atoms with Gasteiger partial charge in [0.1, 0.15) is 5.82 Å². The fourth-order valence-corrected chi connectivity index (χ4v) is 3.62. The zero-order valence-corrected chi connectivity index (χ0v) is 15.0. The highest BCUT2D eigenvalue weighted by molar-refractivity contribution is 5.25. The monoisotopic (exact) mass is 363 g/mol. The molecule has 1 heterocycles. The topological polar surface area (TPSA) is 91.4 Å². The Labute approximate surface area is 152 Å². The van der Waals surface area contributed by atoms with Crippen molar-refractivity contribution in [3.8, 4) is 0 Å². The largest absolute Gasteiger partial charge is 0.392 e. The van der Waals surface area contributed by atoms with Crippen LogP contribution in [0.5, 0.6) is 0 Å². The molecule has 0 spiro atoms. The minimum absolute atomic E-state index is 0.262. The molecule has 0 amide bonds. The molecule has 2 aromatic rings. The number of aliphatic hydroxyl groups is 2. The first-order valence-electron chi connectivity index (χ1n) is 9.15. The molecular weight excluding hydrogens is 337 g/mol. The number of aryl methyl sites for hydroxylation is 1. The van der Waals surface area contributed by atoms with E-state index in [2.05, 4.69) is 15.5 Å². The number of nitrogens with one attached hydrogen (secondary N) is 1. The molecule has 1 fully saturated rings. The van der Waals surface area contributed by atoms with Gasteiger partial charge in [-0.25, -0.2) is 4.39 Å². The molecule has 0 saturated heterocycles. The van der Waals surface area contributed by atoms with E-state index in [4.69, 9.17) is 4.52 Å². The Bertz CT molecular complexity index is 698. The van der Waals surface area contributed by atoms with E-state index < -0.39 is 17.7 Å². The van der Waals surface area contributed by atoms with E-state index in [9.17, 15) is 14.6 Å². The van der Waals surface area contributed by atoms with E-state index in [-0.39, 0.29) is 12.4 Å². The number of benzene rings is 1. The van der Waals surface area contributed by atoms with Crippen LogP contribution in [0, 0.1) is 12.7 Å². The highest BCUT2D eigenvalue weighted by Crippen LogP contribution is 2.32. The van der Waals surface area contributed by atoms with E-state index in [0.717, 1.165) is 37.7 Å². The maximum atomic E-state index is 13.2. The van der Waals surface area contributed by atoms with Crippen molar-refractivity contribution in [2.75, 3.05) is 6.54 Å². The van der Waals surface area contributed by atoms with E-state index in [0.29, 0.717) is 18.1 Å². The van der Waals surface area contributed by atoms with Crippen molar-refractivity contribution in [2.24, 2.45) is 0 Å². The summed E-state index contributed by atoms with van der Waals surface area (Å²) < 4.78 is 18.3. The van der Waals surface area contributed by atoms with Crippen LogP contribution in [-0.2, 0) is 0 Å². The zero-order chi connectivity index (χ0) is 18.6. The van der Waals surface area contributed by atoms with Gasteiger partial charge in [-0.05, 0) is 30.5 Å². The lowest BCUT2D eigenvalue weighted by molar-refractivity contribution is -0.0372. The fraction of sp³-hybridized carbons (Fsp3) is 0.579. The molecule has 1 aromatic carbocycles. The SMILES string of the molecule is Cc1nc(C(NCC(O)CC2(O)CCCCC2)c2ccc(F)cc2)no1. The van der Waals surface area contributed by atoms with Crippen LogP contribution < -0.4 is 5.32 Å². The van der Waals surface area contributed by atoms with Crippen LogP contribution in [0.3, 0.4) is 0 Å². The Kier molecular flexibility index (Phi) is 6.01. The summed E-state index contributed by atoms with van der Waals surface area (Å²) >= 11 is 0. The molecule has 3 rings (SSSR count). The van der Waals surface area contributed by atoms with Crippen LogP contribution in [0.15, 0.2) is 28.8 Å². The molecule has 1 aliphatic carbocycles. The maximum Gasteiger partial charge on any atom is 0.223 e. The standard InChI is InChI=1S/C19H26FN3O3/c1-13-22-18(23-26-13)17(14-5-7-15(20)8-6-14)21-12-16(24)11-19(25)9-3-2-4-10-19/h5-8,16-17,21,24-25H,2-4,9-12H2,1H3. The minimum atomic E-state index is -0.784. The molecule has 2 unspecified atom stereocenters. The fourth-order valence-electron chi connectivity index (χ4n) is 3.62. The molecule has 1 aliphatic rings. The van der Waals surface area contributed by atoms with Crippen molar-refractivity contribution < 1.29 is 19.1 Å². The van der Waals surface area contributed by atoms with Crippen LogP contribution in [0.25, 0.3) is 0 Å². The van der Waals surface area contributed by atoms with Crippen molar-refractivity contribution in [2.45, 2.75) is 63.2 Å². The highest BCUT2D eigenvalue weighted by atomic mass is 19.1. The maximum absolute atomic E-state index is 13.2. The summed E-state index contributed by atoms with van der Waals surface area (Å²) in [6, 6.07) is 5.62. The van der Waals surface area contributed by atoms with Gasteiger partial charge in [-0.2, -0.15) is 4.98 Å². The second-order valence-corrected chi connectivity index (χ2v) is 7.21. The Morgan fingerprint density at radius 3 is 2.54 bits per heavy atom. The molecular formula is C19H26FN3O3. The Balaban J connectivity index is 1.66. The second kappa shape index (κ2) is 8.24. The average molecular weight is 363 g/mol. The van der Waals surface area contributed by atoms with Gasteiger partial charge in [-0.1, -0.05) is 36.6 Å². The number of aromatic nitrogens is 2. The van der Waals surface area contributed by atoms with Gasteiger partial charge < -0.3 is 20.1 Å². The van der Waals surface area contributed by atoms with Crippen molar-refractivity contribution in [1.82, 2.24) is 15.5 Å². The first kappa shape index (κ1) is 18.9. The number of hydrogen-bond acceptors (Lipinski definition) is 6. The van der Waals surface area contributed by atoms with Gasteiger partial charge >= 0.3 is 0 Å². The molecule has 1 aromatic heterocycles. The molecule has 26 heavy (non-hydrogen) atoms. The highest BCUT2D eigenvalue weighted by Gasteiger charge is 2.32. The third kappa shape index (κ3) is 4.87. The van der Waals surface area contributed by atoms with Crippen molar-refractivity contribution in [3.05, 3.63) is 47.4 Å². The first-order valence-corrected chi connectivity index (χ1v) is 9.15. The van der Waals surface area contributed by atoms with Crippen molar-refractivity contribution >= 4 is 0 Å². The third-order valence-electron chi connectivity index (χ3n) is 4.96. The Hall–Kier alpha value is -1.83. The van der Waals surface area contributed by atoms with Gasteiger partial charge in [0.25, 0.3) is 0 Å². The number of rotatable bonds is 7. The van der Waals surface area contributed by atoms with Crippen LogP contribution in [0.1, 0.15) is 61.8 Å². The summed E-state index contributed by atoms with van der Waals surface area (Å²) in [4.78, 5) is 4.25. The van der Waals surface area contributed by atoms with Gasteiger partial charge in [0.05, 0.1) is 17.7 Å². The number of aliphatic hydroxyl groups excluding tert-OH is 1. The summed E-state index contributed by atoms with van der Waals surface area (Å²) in [5.41, 5.74) is -0.0104. The van der Waals surface area contributed by atoms with E-state index in [1.165, 1.54) is 12.1 Å². The van der Waals surface area contributed by atoms with Crippen molar-refractivity contribution in [1.29, 1.82) is 0 Å². The van der Waals surface area contributed by atoms with E-state index in [1.807, 2.05) is 0 Å². The van der Waals surface area contributed by atoms with Crippen LogP contribution in [0.2, 0.25) is 0 Å². The van der Waals surface area contributed by atoms with Gasteiger partial charge in [-0.3, -0.25) is 0 Å². The van der Waals surface area contributed by atoms with Crippen LogP contribution in [-0.4, -0.2) is 38.6 Å². The van der Waals surface area contributed by atoms with E-state index in [1.54, 1.807) is 19.1 Å². The molecule has 2 atom stereocenters. The lowest BCUT2D eigenvalue weighted by atomic mass is 9.81. The van der Waals surface area contributed by atoms with Gasteiger partial charge in [0.2, 0.25) is 5.89 Å². The number of hydrogen-bond donors (Lipinski definition) is 3. The first-order chi connectivity index (χ1) is 12.5. The predicted octanol–water partition coefficient (Wildman–Crippen LogP) is 2.64. The number of nitrogens with zero attached hydrogens (tertiary/aromatic N) is 2. The van der Waals surface area contributed by atoms with Crippen LogP contribution in [0.4, 0.5) is 4.39 Å². The molecule has 0 radical (unpaired) electrons. The molecule has 1 saturated carbocycles. The lowest BCUT2D eigenvalue weighted by Crippen LogP contribution is -2.40. The molecule has 3 N–H and O–H groups in total. The molecule has 142 valence electrons. The van der Waals surface area contributed by atoms with E-state index >= 15 is 0 Å². The number of halogens is 1. The Morgan fingerprint density at radius 1 is 1.23 bits per heavy atom. The summed E-state index contributed by atoms with van der Waals surface area (Å²) in [5.74, 6) is 0.542. The summed E-state index contributed by atoms with van der Waals surface area (Å²) in [5, 5.41) is 28.2. The molecule has 7 heteroatoms. The molecule has 6 nitrogen and oxygen atoms in total. The molecule has 0 aliphatic heterocycles. The normalized spacial score (nSPS) is 19.2. The zero-order valence-electron chi connectivity index (χ0n) is 15.0. The minimum Gasteiger partial charge on any atom is -0.392 e. The van der Waals surface area contributed by atoms with Gasteiger partial charge in [0.15, 0.2) is 5.82 Å². The summed E-state index contributed by atoms with van der Waals surface area (Å²) in [6.45, 7) is 1.96. The molecule has 0 bridgehead atoms. The second-order valence-electron chi connectivity index (χ2n) is 7.21. The third-order valence-corrected chi connectivity index (χ3v) is 4.96. The lowest BCUT2D eigenvalue weighted by Gasteiger charge is -2.34. The van der Waals surface area contributed by atoms with Crippen molar-refractivity contribution in [3.63, 3.8) is 0 Å². The summed E-state index contributed by atoms with van der Waals surface area (Å²) in [7, 11) is 0. The summed E-state index contributed by atoms with van der Waals surface area (Å²) in [6.07, 6.45) is 4.23. The smallest absolute Gasteiger partial charge is 0.223 e. The van der Waals surface area contributed by atoms with Crippen LogP contribution >= 0.6 is 0 Å². The van der Waals surface area contributed by atoms with Gasteiger partial charge in [0, 0.05) is 19.9 Å². The average Bonchev–Trinajstić information content (AvgIpc) is 3.03. The predicted molar refractivity (Wildman–Crippen MR) is 93.9 cm³/mol. The quantitative estimate of drug-likeness (QED) is 0.700.